The molecule has 0 spiro atoms. The van der Waals surface area contributed by atoms with Gasteiger partial charge in [0.2, 0.25) is 0 Å². The summed E-state index contributed by atoms with van der Waals surface area (Å²) in [5, 5.41) is 7.09. The normalized spacial score (nSPS) is 10.8. The van der Waals surface area contributed by atoms with E-state index in [9.17, 15) is 0 Å². The first-order valence-corrected chi connectivity index (χ1v) is 7.66. The minimum atomic E-state index is 0.576. The number of halogens is 2. The quantitative estimate of drug-likeness (QED) is 0.641. The maximum atomic E-state index is 6.18. The second-order valence-corrected chi connectivity index (χ2v) is 5.70. The van der Waals surface area contributed by atoms with E-state index in [0.717, 1.165) is 18.7 Å². The summed E-state index contributed by atoms with van der Waals surface area (Å²) >= 11 is 12.2. The highest BCUT2D eigenvalue weighted by molar-refractivity contribution is 6.43. The van der Waals surface area contributed by atoms with Gasteiger partial charge in [0, 0.05) is 6.54 Å². The van der Waals surface area contributed by atoms with E-state index in [1.165, 1.54) is 16.3 Å². The maximum absolute atomic E-state index is 6.18. The minimum absolute atomic E-state index is 0.576. The van der Waals surface area contributed by atoms with Crippen LogP contribution in [-0.2, 0) is 6.42 Å². The number of hydrogen-bond donors (Lipinski definition) is 1. The Morgan fingerprint density at radius 3 is 2.48 bits per heavy atom. The molecule has 0 unspecified atom stereocenters. The lowest BCUT2D eigenvalue weighted by atomic mass is 10.0. The highest BCUT2D eigenvalue weighted by Gasteiger charge is 2.04. The van der Waals surface area contributed by atoms with Crippen LogP contribution in [0.3, 0.4) is 0 Å². The molecule has 0 bridgehead atoms. The third kappa shape index (κ3) is 3.15. The van der Waals surface area contributed by atoms with Crippen LogP contribution in [0, 0.1) is 0 Å². The Balaban J connectivity index is 1.74. The zero-order valence-corrected chi connectivity index (χ0v) is 13.0. The van der Waals surface area contributed by atoms with E-state index >= 15 is 0 Å². The van der Waals surface area contributed by atoms with Crippen molar-refractivity contribution in [2.75, 3.05) is 11.9 Å². The number of hydrogen-bond acceptors (Lipinski definition) is 1. The third-order valence-electron chi connectivity index (χ3n) is 3.54. The molecule has 1 N–H and O–H groups in total. The predicted molar refractivity (Wildman–Crippen MR) is 92.6 cm³/mol. The highest BCUT2D eigenvalue weighted by atomic mass is 35.5. The van der Waals surface area contributed by atoms with Crippen LogP contribution >= 0.6 is 23.2 Å². The molecule has 106 valence electrons. The molecule has 0 aliphatic rings. The van der Waals surface area contributed by atoms with E-state index < -0.39 is 0 Å². The van der Waals surface area contributed by atoms with Crippen LogP contribution in [-0.4, -0.2) is 6.54 Å². The molecule has 0 saturated carbocycles. The first-order chi connectivity index (χ1) is 10.3. The molecule has 0 aliphatic carbocycles. The number of anilines is 1. The smallest absolute Gasteiger partial charge is 0.0823 e. The molecule has 0 fully saturated rings. The summed E-state index contributed by atoms with van der Waals surface area (Å²) in [4.78, 5) is 0. The summed E-state index contributed by atoms with van der Waals surface area (Å²) in [6, 6.07) is 20.5. The maximum Gasteiger partial charge on any atom is 0.0823 e. The first-order valence-electron chi connectivity index (χ1n) is 6.90. The van der Waals surface area contributed by atoms with Crippen LogP contribution in [0.1, 0.15) is 5.56 Å². The summed E-state index contributed by atoms with van der Waals surface area (Å²) in [6.07, 6.45) is 0.935. The first kappa shape index (κ1) is 14.2. The second-order valence-electron chi connectivity index (χ2n) is 4.92. The van der Waals surface area contributed by atoms with Crippen LogP contribution < -0.4 is 5.32 Å². The molecular formula is C18H15Cl2N. The van der Waals surface area contributed by atoms with Crippen molar-refractivity contribution < 1.29 is 0 Å². The van der Waals surface area contributed by atoms with Gasteiger partial charge in [-0.2, -0.15) is 0 Å². The van der Waals surface area contributed by atoms with Crippen molar-refractivity contribution >= 4 is 39.7 Å². The van der Waals surface area contributed by atoms with Crippen molar-refractivity contribution in [3.05, 3.63) is 76.3 Å². The molecule has 0 amide bonds. The number of fused-ring (bicyclic) bond motifs is 1. The fraction of sp³-hybridized carbons (Fsp3) is 0.111. The Morgan fingerprint density at radius 2 is 1.57 bits per heavy atom. The molecule has 0 aliphatic heterocycles. The number of nitrogens with one attached hydrogen (secondary N) is 1. The Morgan fingerprint density at radius 1 is 0.810 bits per heavy atom. The number of benzene rings is 3. The molecule has 3 aromatic rings. The van der Waals surface area contributed by atoms with Crippen molar-refractivity contribution in [2.45, 2.75) is 6.42 Å². The predicted octanol–water partition coefficient (Wildman–Crippen LogP) is 5.80. The zero-order valence-electron chi connectivity index (χ0n) is 11.4. The Hall–Kier alpha value is -1.70. The van der Waals surface area contributed by atoms with E-state index in [0.29, 0.717) is 10.0 Å². The van der Waals surface area contributed by atoms with Gasteiger partial charge < -0.3 is 5.32 Å². The van der Waals surface area contributed by atoms with Gasteiger partial charge in [-0.15, -0.1) is 0 Å². The molecule has 0 saturated heterocycles. The van der Waals surface area contributed by atoms with E-state index in [2.05, 4.69) is 47.8 Å². The van der Waals surface area contributed by atoms with Gasteiger partial charge in [0.25, 0.3) is 0 Å². The topological polar surface area (TPSA) is 12.0 Å². The number of rotatable bonds is 4. The zero-order chi connectivity index (χ0) is 14.7. The third-order valence-corrected chi connectivity index (χ3v) is 4.36. The monoisotopic (exact) mass is 315 g/mol. The van der Waals surface area contributed by atoms with E-state index in [1.807, 2.05) is 12.1 Å². The Kier molecular flexibility index (Phi) is 4.33. The fourth-order valence-electron chi connectivity index (χ4n) is 2.48. The SMILES string of the molecule is Clc1cccc(NCCc2cccc3ccccc23)c1Cl. The van der Waals surface area contributed by atoms with Gasteiger partial charge in [0.05, 0.1) is 15.7 Å². The van der Waals surface area contributed by atoms with E-state index in [-0.39, 0.29) is 0 Å². The van der Waals surface area contributed by atoms with Crippen LogP contribution in [0.5, 0.6) is 0 Å². The van der Waals surface area contributed by atoms with Crippen molar-refractivity contribution in [2.24, 2.45) is 0 Å². The standard InChI is InChI=1S/C18H15Cl2N/c19-16-9-4-10-17(18(16)20)21-12-11-14-7-3-6-13-5-1-2-8-15(13)14/h1-10,21H,11-12H2. The molecule has 3 rings (SSSR count). The van der Waals surface area contributed by atoms with Crippen LogP contribution in [0.25, 0.3) is 10.8 Å². The Labute approximate surface area is 134 Å². The highest BCUT2D eigenvalue weighted by Crippen LogP contribution is 2.29. The summed E-state index contributed by atoms with van der Waals surface area (Å²) in [7, 11) is 0. The van der Waals surface area contributed by atoms with Crippen LogP contribution in [0.2, 0.25) is 10.0 Å². The fourth-order valence-corrected chi connectivity index (χ4v) is 2.85. The van der Waals surface area contributed by atoms with E-state index in [4.69, 9.17) is 23.2 Å². The molecule has 3 heteroatoms. The lowest BCUT2D eigenvalue weighted by Gasteiger charge is -2.10. The molecule has 21 heavy (non-hydrogen) atoms. The van der Waals surface area contributed by atoms with Crippen molar-refractivity contribution in [1.29, 1.82) is 0 Å². The molecule has 0 atom stereocenters. The van der Waals surface area contributed by atoms with Crippen LogP contribution in [0.4, 0.5) is 5.69 Å². The summed E-state index contributed by atoms with van der Waals surface area (Å²) in [5.74, 6) is 0. The van der Waals surface area contributed by atoms with Crippen molar-refractivity contribution in [3.63, 3.8) is 0 Å². The largest absolute Gasteiger partial charge is 0.383 e. The summed E-state index contributed by atoms with van der Waals surface area (Å²) in [5.41, 5.74) is 2.21. The van der Waals surface area contributed by atoms with Gasteiger partial charge in [-0.25, -0.2) is 0 Å². The average Bonchev–Trinajstić information content (AvgIpc) is 2.52. The minimum Gasteiger partial charge on any atom is -0.383 e. The summed E-state index contributed by atoms with van der Waals surface area (Å²) < 4.78 is 0. The van der Waals surface area contributed by atoms with Gasteiger partial charge in [-0.1, -0.05) is 71.7 Å². The lowest BCUT2D eigenvalue weighted by molar-refractivity contribution is 1.03. The van der Waals surface area contributed by atoms with Crippen molar-refractivity contribution in [3.8, 4) is 0 Å². The molecule has 0 aromatic heterocycles. The van der Waals surface area contributed by atoms with Gasteiger partial charge in [0.15, 0.2) is 0 Å². The second kappa shape index (κ2) is 6.38. The lowest BCUT2D eigenvalue weighted by Crippen LogP contribution is -2.05. The van der Waals surface area contributed by atoms with Gasteiger partial charge in [-0.05, 0) is 34.9 Å². The van der Waals surface area contributed by atoms with E-state index in [1.54, 1.807) is 6.07 Å². The van der Waals surface area contributed by atoms with Crippen molar-refractivity contribution in [1.82, 2.24) is 0 Å². The molecule has 1 nitrogen and oxygen atoms in total. The molecule has 0 heterocycles. The molecule has 3 aromatic carbocycles. The Bertz CT molecular complexity index is 763. The van der Waals surface area contributed by atoms with Gasteiger partial charge >= 0.3 is 0 Å². The summed E-state index contributed by atoms with van der Waals surface area (Å²) in [6.45, 7) is 0.814. The van der Waals surface area contributed by atoms with Crippen LogP contribution in [0.15, 0.2) is 60.7 Å². The van der Waals surface area contributed by atoms with Gasteiger partial charge in [0.1, 0.15) is 0 Å². The average molecular weight is 316 g/mol. The molecule has 0 radical (unpaired) electrons. The molecular weight excluding hydrogens is 301 g/mol. The van der Waals surface area contributed by atoms with Gasteiger partial charge in [-0.3, -0.25) is 0 Å².